The summed E-state index contributed by atoms with van der Waals surface area (Å²) in [5.74, 6) is 0.668. The van der Waals surface area contributed by atoms with Crippen molar-refractivity contribution in [3.63, 3.8) is 0 Å². The van der Waals surface area contributed by atoms with Gasteiger partial charge in [-0.15, -0.1) is 0 Å². The molecule has 3 aromatic rings. The van der Waals surface area contributed by atoms with Crippen LogP contribution in [0.4, 0.5) is 0 Å². The minimum Gasteiger partial charge on any atom is -0.497 e. The summed E-state index contributed by atoms with van der Waals surface area (Å²) in [6, 6.07) is 15.5. The van der Waals surface area contributed by atoms with Gasteiger partial charge < -0.3 is 19.9 Å². The maximum absolute atomic E-state index is 12.2. The molecule has 1 amide bonds. The highest BCUT2D eigenvalue weighted by Gasteiger charge is 2.18. The predicted octanol–water partition coefficient (Wildman–Crippen LogP) is 2.13. The van der Waals surface area contributed by atoms with Gasteiger partial charge in [0, 0.05) is 23.6 Å². The van der Waals surface area contributed by atoms with E-state index in [9.17, 15) is 10.1 Å². The number of nitrogens with one attached hydrogen (secondary N) is 1. The third-order valence-corrected chi connectivity index (χ3v) is 4.84. The van der Waals surface area contributed by atoms with Gasteiger partial charge in [0.25, 0.3) is 5.91 Å². The maximum atomic E-state index is 12.2. The predicted molar refractivity (Wildman–Crippen MR) is 109 cm³/mol. The number of hydrogen-bond acceptors (Lipinski definition) is 3. The number of nitrogens with zero attached hydrogens (tertiary/aromatic N) is 2. The van der Waals surface area contributed by atoms with Crippen molar-refractivity contribution in [3.8, 4) is 23.1 Å². The number of carbonyl (C=O) groups excluding carboxylic acids is 1. The number of aromatic nitrogens is 1. The lowest BCUT2D eigenvalue weighted by Gasteiger charge is -2.10. The second-order valence-electron chi connectivity index (χ2n) is 6.49. The molecular formula is C22H25N4O2+. The van der Waals surface area contributed by atoms with Gasteiger partial charge in [-0.05, 0) is 36.8 Å². The molecule has 2 aromatic carbocycles. The van der Waals surface area contributed by atoms with Gasteiger partial charge in [0.1, 0.15) is 11.8 Å². The lowest BCUT2D eigenvalue weighted by atomic mass is 10.0. The van der Waals surface area contributed by atoms with Gasteiger partial charge in [0.2, 0.25) is 0 Å². The molecule has 0 bridgehead atoms. The highest BCUT2D eigenvalue weighted by atomic mass is 16.5. The number of carbonyl (C=O) groups is 1. The molecule has 6 heteroatoms. The van der Waals surface area contributed by atoms with Crippen LogP contribution in [0.3, 0.4) is 0 Å². The van der Waals surface area contributed by atoms with Crippen LogP contribution in [0.2, 0.25) is 0 Å². The summed E-state index contributed by atoms with van der Waals surface area (Å²) in [5, 5.41) is 15.6. The molecule has 28 heavy (non-hydrogen) atoms. The Morgan fingerprint density at radius 2 is 2.00 bits per heavy atom. The van der Waals surface area contributed by atoms with Crippen molar-refractivity contribution in [3.05, 3.63) is 53.6 Å². The Bertz CT molecular complexity index is 1030. The van der Waals surface area contributed by atoms with Crippen molar-refractivity contribution in [2.75, 3.05) is 27.2 Å². The van der Waals surface area contributed by atoms with Crippen LogP contribution < -0.4 is 15.4 Å². The molecule has 0 aliphatic heterocycles. The summed E-state index contributed by atoms with van der Waals surface area (Å²) in [6.07, 6.45) is 0. The molecule has 0 saturated carbocycles. The topological polar surface area (TPSA) is 83.7 Å². The summed E-state index contributed by atoms with van der Waals surface area (Å²) in [7, 11) is 3.60. The second kappa shape index (κ2) is 8.59. The van der Waals surface area contributed by atoms with E-state index >= 15 is 0 Å². The number of hydrogen-bond donors (Lipinski definition) is 2. The lowest BCUT2D eigenvalue weighted by Crippen LogP contribution is -2.81. The van der Waals surface area contributed by atoms with E-state index in [0.29, 0.717) is 17.7 Å². The molecule has 6 nitrogen and oxygen atoms in total. The minimum atomic E-state index is -0.0883. The molecule has 0 radical (unpaired) electrons. The van der Waals surface area contributed by atoms with Crippen LogP contribution in [0, 0.1) is 11.3 Å². The number of rotatable bonds is 7. The van der Waals surface area contributed by atoms with Crippen LogP contribution in [0.25, 0.3) is 22.2 Å². The standard InChI is InChI=1S/C22H24N4O2/c1-4-26-20-13-17(28-3)9-10-18(20)19(14-23)21(26)15-5-7-16(8-6-15)22(27)25-12-11-24-2/h5-10,13,24H,4,11-12H2,1-3H3,(H,25,27)/p+1. The molecule has 0 spiro atoms. The van der Waals surface area contributed by atoms with Crippen LogP contribution in [0.15, 0.2) is 42.5 Å². The monoisotopic (exact) mass is 377 g/mol. The number of nitrogens with two attached hydrogens (primary N) is 1. The summed E-state index contributed by atoms with van der Waals surface area (Å²) in [5.41, 5.74) is 3.98. The Labute approximate surface area is 164 Å². The smallest absolute Gasteiger partial charge is 0.251 e. The number of likely N-dealkylation sites (N-methyl/N-ethyl adjacent to an activating group) is 1. The highest BCUT2D eigenvalue weighted by molar-refractivity contribution is 5.97. The van der Waals surface area contributed by atoms with Gasteiger partial charge in [-0.1, -0.05) is 12.1 Å². The number of amides is 1. The zero-order valence-corrected chi connectivity index (χ0v) is 16.5. The van der Waals surface area contributed by atoms with E-state index in [1.807, 2.05) is 42.7 Å². The second-order valence-corrected chi connectivity index (χ2v) is 6.49. The first-order valence-electron chi connectivity index (χ1n) is 9.41. The number of aryl methyl sites for hydroxylation is 1. The van der Waals surface area contributed by atoms with Crippen LogP contribution in [0.1, 0.15) is 22.8 Å². The van der Waals surface area contributed by atoms with Crippen LogP contribution in [-0.2, 0) is 6.54 Å². The zero-order chi connectivity index (χ0) is 20.1. The molecule has 3 N–H and O–H groups in total. The number of nitriles is 1. The fourth-order valence-corrected chi connectivity index (χ4v) is 3.41. The van der Waals surface area contributed by atoms with E-state index in [1.54, 1.807) is 19.2 Å². The van der Waals surface area contributed by atoms with E-state index in [1.165, 1.54) is 0 Å². The zero-order valence-electron chi connectivity index (χ0n) is 16.5. The van der Waals surface area contributed by atoms with Crippen molar-refractivity contribution < 1.29 is 14.8 Å². The molecule has 0 fully saturated rings. The lowest BCUT2D eigenvalue weighted by molar-refractivity contribution is -0.624. The van der Waals surface area contributed by atoms with E-state index in [0.717, 1.165) is 41.0 Å². The first-order valence-corrected chi connectivity index (χ1v) is 9.41. The maximum Gasteiger partial charge on any atom is 0.251 e. The number of methoxy groups -OCH3 is 1. The van der Waals surface area contributed by atoms with Crippen LogP contribution in [-0.4, -0.2) is 37.7 Å². The van der Waals surface area contributed by atoms with Gasteiger partial charge in [0.15, 0.2) is 0 Å². The summed E-state index contributed by atoms with van der Waals surface area (Å²) in [4.78, 5) is 12.2. The van der Waals surface area contributed by atoms with Gasteiger partial charge in [-0.2, -0.15) is 5.26 Å². The normalized spacial score (nSPS) is 10.6. The van der Waals surface area contributed by atoms with Crippen molar-refractivity contribution in [1.29, 1.82) is 5.26 Å². The Kier molecular flexibility index (Phi) is 5.97. The van der Waals surface area contributed by atoms with Crippen molar-refractivity contribution >= 4 is 16.8 Å². The molecule has 0 aliphatic carbocycles. The number of quaternary nitrogens is 1. The number of benzene rings is 2. The highest BCUT2D eigenvalue weighted by Crippen LogP contribution is 2.35. The first-order chi connectivity index (χ1) is 13.6. The Morgan fingerprint density at radius 1 is 1.25 bits per heavy atom. The van der Waals surface area contributed by atoms with Gasteiger partial charge in [-0.25, -0.2) is 0 Å². The largest absolute Gasteiger partial charge is 0.497 e. The van der Waals surface area contributed by atoms with Gasteiger partial charge >= 0.3 is 0 Å². The molecule has 144 valence electrons. The van der Waals surface area contributed by atoms with Crippen LogP contribution in [0.5, 0.6) is 5.75 Å². The Balaban J connectivity index is 2.03. The quantitative estimate of drug-likeness (QED) is 0.619. The average molecular weight is 377 g/mol. The van der Waals surface area contributed by atoms with E-state index < -0.39 is 0 Å². The first kappa shape index (κ1) is 19.5. The van der Waals surface area contributed by atoms with Gasteiger partial charge in [0.05, 0.1) is 44.0 Å². The Hall–Kier alpha value is -3.30. The number of fused-ring (bicyclic) bond motifs is 1. The van der Waals surface area contributed by atoms with E-state index in [4.69, 9.17) is 4.74 Å². The summed E-state index contributed by atoms with van der Waals surface area (Å²) in [6.45, 7) is 4.24. The van der Waals surface area contributed by atoms with E-state index in [-0.39, 0.29) is 5.91 Å². The van der Waals surface area contributed by atoms with Crippen LogP contribution >= 0.6 is 0 Å². The average Bonchev–Trinajstić information content (AvgIpc) is 3.06. The molecule has 0 aliphatic rings. The van der Waals surface area contributed by atoms with Crippen molar-refractivity contribution in [1.82, 2.24) is 9.88 Å². The summed E-state index contributed by atoms with van der Waals surface area (Å²) >= 11 is 0. The van der Waals surface area contributed by atoms with Gasteiger partial charge in [-0.3, -0.25) is 4.79 Å². The van der Waals surface area contributed by atoms with E-state index in [2.05, 4.69) is 22.9 Å². The SMILES string of the molecule is CCn1c(-c2ccc(C(=O)NCC[NH2+]C)cc2)c(C#N)c2ccc(OC)cc21. The summed E-state index contributed by atoms with van der Waals surface area (Å²) < 4.78 is 7.46. The molecule has 1 aromatic heterocycles. The molecule has 0 unspecified atom stereocenters. The minimum absolute atomic E-state index is 0.0883. The molecule has 1 heterocycles. The molecule has 3 rings (SSSR count). The molecule has 0 atom stereocenters. The Morgan fingerprint density at radius 3 is 2.61 bits per heavy atom. The number of ether oxygens (including phenoxy) is 1. The third-order valence-electron chi connectivity index (χ3n) is 4.84. The third kappa shape index (κ3) is 3.57. The fourth-order valence-electron chi connectivity index (χ4n) is 3.41. The molecular weight excluding hydrogens is 352 g/mol. The van der Waals surface area contributed by atoms with Crippen molar-refractivity contribution in [2.45, 2.75) is 13.5 Å². The fraction of sp³-hybridized carbons (Fsp3) is 0.273. The molecule has 0 saturated heterocycles. The van der Waals surface area contributed by atoms with Crippen molar-refractivity contribution in [2.24, 2.45) is 0 Å².